The molecule has 0 spiro atoms. The lowest BCUT2D eigenvalue weighted by Crippen LogP contribution is -2.48. The summed E-state index contributed by atoms with van der Waals surface area (Å²) in [4.78, 5) is 5.31. The van der Waals surface area contributed by atoms with Gasteiger partial charge < -0.3 is 10.1 Å². The second-order valence-corrected chi connectivity index (χ2v) is 6.51. The van der Waals surface area contributed by atoms with Crippen LogP contribution in [-0.2, 0) is 4.74 Å². The van der Waals surface area contributed by atoms with Gasteiger partial charge in [-0.25, -0.2) is 0 Å². The van der Waals surface area contributed by atoms with Gasteiger partial charge in [0.2, 0.25) is 0 Å². The highest BCUT2D eigenvalue weighted by Crippen LogP contribution is 2.28. The Bertz CT molecular complexity index is 378. The minimum atomic E-state index is 0.276. The largest absolute Gasteiger partial charge is 0.374 e. The van der Waals surface area contributed by atoms with Gasteiger partial charge in [-0.3, -0.25) is 4.90 Å². The van der Waals surface area contributed by atoms with Crippen LogP contribution in [0.5, 0.6) is 0 Å². The molecule has 1 saturated heterocycles. The predicted octanol–water partition coefficient (Wildman–Crippen LogP) is 2.82. The standard InChI is InChI=1S/C15H26N2OS/c1-4-8-17-9-10-18-13(11-17)15(16-5-2)14-7-6-12(3)19-14/h6-7,13,15-16H,4-5,8-11H2,1-3H3. The molecule has 2 atom stereocenters. The van der Waals surface area contributed by atoms with Gasteiger partial charge in [-0.05, 0) is 38.6 Å². The van der Waals surface area contributed by atoms with E-state index in [0.29, 0.717) is 6.04 Å². The molecule has 2 unspecified atom stereocenters. The van der Waals surface area contributed by atoms with Crippen LogP contribution < -0.4 is 5.32 Å². The van der Waals surface area contributed by atoms with Crippen molar-refractivity contribution in [1.82, 2.24) is 10.2 Å². The van der Waals surface area contributed by atoms with Crippen LogP contribution in [0.2, 0.25) is 0 Å². The molecule has 108 valence electrons. The van der Waals surface area contributed by atoms with E-state index >= 15 is 0 Å². The van der Waals surface area contributed by atoms with Crippen LogP contribution >= 0.6 is 11.3 Å². The molecule has 1 aliphatic rings. The number of ether oxygens (including phenoxy) is 1. The first-order valence-electron chi connectivity index (χ1n) is 7.38. The lowest BCUT2D eigenvalue weighted by Gasteiger charge is -2.37. The predicted molar refractivity (Wildman–Crippen MR) is 81.9 cm³/mol. The third-order valence-electron chi connectivity index (χ3n) is 3.58. The van der Waals surface area contributed by atoms with Gasteiger partial charge in [0, 0.05) is 22.8 Å². The van der Waals surface area contributed by atoms with E-state index in [4.69, 9.17) is 4.74 Å². The Morgan fingerprint density at radius 1 is 1.47 bits per heavy atom. The van der Waals surface area contributed by atoms with Crippen molar-refractivity contribution < 1.29 is 4.74 Å². The summed E-state index contributed by atoms with van der Waals surface area (Å²) in [5.41, 5.74) is 0. The average Bonchev–Trinajstić information content (AvgIpc) is 2.83. The first-order chi connectivity index (χ1) is 9.24. The molecule has 1 aromatic heterocycles. The van der Waals surface area contributed by atoms with Crippen LogP contribution in [0, 0.1) is 6.92 Å². The molecule has 19 heavy (non-hydrogen) atoms. The van der Waals surface area contributed by atoms with Gasteiger partial charge in [-0.15, -0.1) is 11.3 Å². The normalized spacial score (nSPS) is 22.6. The maximum absolute atomic E-state index is 6.04. The molecule has 0 amide bonds. The van der Waals surface area contributed by atoms with E-state index in [1.807, 2.05) is 11.3 Å². The molecule has 3 nitrogen and oxygen atoms in total. The number of hydrogen-bond acceptors (Lipinski definition) is 4. The summed E-state index contributed by atoms with van der Waals surface area (Å²) < 4.78 is 6.04. The first kappa shape index (κ1) is 15.0. The molecule has 0 radical (unpaired) electrons. The molecule has 0 bridgehead atoms. The smallest absolute Gasteiger partial charge is 0.0904 e. The SMILES string of the molecule is CCCN1CCOC(C(NCC)c2ccc(C)s2)C1. The van der Waals surface area contributed by atoms with Gasteiger partial charge in [0.25, 0.3) is 0 Å². The molecule has 1 aliphatic heterocycles. The fraction of sp³-hybridized carbons (Fsp3) is 0.733. The molecular formula is C15H26N2OS. The van der Waals surface area contributed by atoms with Crippen molar-refractivity contribution in [2.75, 3.05) is 32.8 Å². The second-order valence-electron chi connectivity index (χ2n) is 5.19. The molecule has 2 rings (SSSR count). The van der Waals surface area contributed by atoms with Gasteiger partial charge in [-0.1, -0.05) is 13.8 Å². The van der Waals surface area contributed by atoms with E-state index < -0.39 is 0 Å². The highest BCUT2D eigenvalue weighted by Gasteiger charge is 2.29. The van der Waals surface area contributed by atoms with E-state index in [2.05, 4.69) is 43.1 Å². The minimum absolute atomic E-state index is 0.276. The van der Waals surface area contributed by atoms with Crippen LogP contribution in [-0.4, -0.2) is 43.8 Å². The van der Waals surface area contributed by atoms with Gasteiger partial charge in [0.15, 0.2) is 0 Å². The van der Waals surface area contributed by atoms with Crippen molar-refractivity contribution in [3.63, 3.8) is 0 Å². The molecule has 0 aliphatic carbocycles. The zero-order chi connectivity index (χ0) is 13.7. The summed E-state index contributed by atoms with van der Waals surface area (Å²) in [5, 5.41) is 3.60. The fourth-order valence-electron chi connectivity index (χ4n) is 2.71. The Morgan fingerprint density at radius 3 is 2.95 bits per heavy atom. The third-order valence-corrected chi connectivity index (χ3v) is 4.66. The van der Waals surface area contributed by atoms with Crippen LogP contribution in [0.15, 0.2) is 12.1 Å². The summed E-state index contributed by atoms with van der Waals surface area (Å²) in [7, 11) is 0. The lowest BCUT2D eigenvalue weighted by molar-refractivity contribution is -0.0462. The van der Waals surface area contributed by atoms with E-state index in [0.717, 1.165) is 26.2 Å². The van der Waals surface area contributed by atoms with E-state index in [9.17, 15) is 0 Å². The number of morpholine rings is 1. The number of thiophene rings is 1. The highest BCUT2D eigenvalue weighted by atomic mass is 32.1. The topological polar surface area (TPSA) is 24.5 Å². The number of aryl methyl sites for hydroxylation is 1. The summed E-state index contributed by atoms with van der Waals surface area (Å²) in [6, 6.07) is 4.79. The van der Waals surface area contributed by atoms with Crippen molar-refractivity contribution in [3.05, 3.63) is 21.9 Å². The number of nitrogens with one attached hydrogen (secondary N) is 1. The Kier molecular flexibility index (Phi) is 5.82. The fourth-order valence-corrected chi connectivity index (χ4v) is 3.71. The monoisotopic (exact) mass is 282 g/mol. The van der Waals surface area contributed by atoms with E-state index in [1.54, 1.807) is 0 Å². The second kappa shape index (κ2) is 7.39. The quantitative estimate of drug-likeness (QED) is 0.868. The molecule has 1 N–H and O–H groups in total. The minimum Gasteiger partial charge on any atom is -0.374 e. The Morgan fingerprint density at radius 2 is 2.32 bits per heavy atom. The molecule has 0 aromatic carbocycles. The van der Waals surface area contributed by atoms with Gasteiger partial charge >= 0.3 is 0 Å². The summed E-state index contributed by atoms with van der Waals surface area (Å²) in [6.45, 7) is 11.7. The molecule has 2 heterocycles. The van der Waals surface area contributed by atoms with Crippen molar-refractivity contribution in [3.8, 4) is 0 Å². The van der Waals surface area contributed by atoms with Crippen LogP contribution in [0.1, 0.15) is 36.1 Å². The maximum atomic E-state index is 6.04. The van der Waals surface area contributed by atoms with Crippen molar-refractivity contribution in [2.24, 2.45) is 0 Å². The Balaban J connectivity index is 2.05. The van der Waals surface area contributed by atoms with Crippen LogP contribution in [0.4, 0.5) is 0 Å². The molecule has 1 aromatic rings. The van der Waals surface area contributed by atoms with Crippen molar-refractivity contribution in [1.29, 1.82) is 0 Å². The maximum Gasteiger partial charge on any atom is 0.0904 e. The third kappa shape index (κ3) is 4.02. The number of likely N-dealkylation sites (N-methyl/N-ethyl adjacent to an activating group) is 1. The number of nitrogens with zero attached hydrogens (tertiary/aromatic N) is 1. The lowest BCUT2D eigenvalue weighted by atomic mass is 10.1. The Labute approximate surface area is 121 Å². The summed E-state index contributed by atoms with van der Waals surface area (Å²) >= 11 is 1.88. The molecule has 0 saturated carbocycles. The molecule has 4 heteroatoms. The zero-order valence-corrected chi connectivity index (χ0v) is 13.1. The highest BCUT2D eigenvalue weighted by molar-refractivity contribution is 7.12. The van der Waals surface area contributed by atoms with Gasteiger partial charge in [0.05, 0.1) is 18.8 Å². The van der Waals surface area contributed by atoms with Crippen molar-refractivity contribution >= 4 is 11.3 Å². The van der Waals surface area contributed by atoms with Crippen molar-refractivity contribution in [2.45, 2.75) is 39.3 Å². The number of rotatable bonds is 6. The molecule has 1 fully saturated rings. The Hall–Kier alpha value is -0.420. The van der Waals surface area contributed by atoms with E-state index in [1.165, 1.54) is 22.7 Å². The van der Waals surface area contributed by atoms with Crippen LogP contribution in [0.25, 0.3) is 0 Å². The van der Waals surface area contributed by atoms with Gasteiger partial charge in [0.1, 0.15) is 0 Å². The molecular weight excluding hydrogens is 256 g/mol. The first-order valence-corrected chi connectivity index (χ1v) is 8.20. The van der Waals surface area contributed by atoms with Gasteiger partial charge in [-0.2, -0.15) is 0 Å². The summed E-state index contributed by atoms with van der Waals surface area (Å²) in [5.74, 6) is 0. The summed E-state index contributed by atoms with van der Waals surface area (Å²) in [6.07, 6.45) is 1.50. The van der Waals surface area contributed by atoms with E-state index in [-0.39, 0.29) is 6.10 Å². The zero-order valence-electron chi connectivity index (χ0n) is 12.3. The van der Waals surface area contributed by atoms with Crippen LogP contribution in [0.3, 0.4) is 0 Å². The average molecular weight is 282 g/mol. The number of hydrogen-bond donors (Lipinski definition) is 1.